The Morgan fingerprint density at radius 3 is 2.67 bits per heavy atom. The average molecular weight is 254 g/mol. The molecule has 0 bridgehead atoms. The summed E-state index contributed by atoms with van der Waals surface area (Å²) in [5.41, 5.74) is 0.238. The Hall–Kier alpha value is -0.120. The molecule has 1 atom stereocenters. The Bertz CT molecular complexity index is 261. The van der Waals surface area contributed by atoms with Crippen LogP contribution in [0.25, 0.3) is 0 Å². The fourth-order valence-corrected chi connectivity index (χ4v) is 2.81. The van der Waals surface area contributed by atoms with E-state index in [-0.39, 0.29) is 5.54 Å². The van der Waals surface area contributed by atoms with Crippen molar-refractivity contribution in [3.63, 3.8) is 0 Å². The van der Waals surface area contributed by atoms with Gasteiger partial charge in [-0.15, -0.1) is 0 Å². The minimum atomic E-state index is 0.238. The van der Waals surface area contributed by atoms with E-state index >= 15 is 0 Å². The largest absolute Gasteiger partial charge is 0.380 e. The van der Waals surface area contributed by atoms with Gasteiger partial charge in [0.2, 0.25) is 0 Å². The summed E-state index contributed by atoms with van der Waals surface area (Å²) in [5, 5.41) is 3.66. The van der Waals surface area contributed by atoms with Gasteiger partial charge in [-0.3, -0.25) is 4.90 Å². The predicted molar refractivity (Wildman–Crippen MR) is 75.8 cm³/mol. The number of piperazine rings is 1. The molecule has 2 aliphatic rings. The van der Waals surface area contributed by atoms with Crippen LogP contribution in [0.3, 0.4) is 0 Å². The maximum Gasteiger partial charge on any atom is 0.0593 e. The second-order valence-electron chi connectivity index (χ2n) is 7.06. The lowest BCUT2D eigenvalue weighted by molar-refractivity contribution is 0.0315. The highest BCUT2D eigenvalue weighted by Crippen LogP contribution is 2.28. The van der Waals surface area contributed by atoms with Crippen molar-refractivity contribution in [2.75, 3.05) is 32.8 Å². The van der Waals surface area contributed by atoms with Crippen LogP contribution < -0.4 is 5.32 Å². The second kappa shape index (κ2) is 5.89. The van der Waals surface area contributed by atoms with E-state index in [1.165, 1.54) is 12.8 Å². The molecule has 0 aromatic heterocycles. The Balaban J connectivity index is 1.76. The first-order chi connectivity index (χ1) is 8.48. The number of hydrogen-bond acceptors (Lipinski definition) is 3. The maximum atomic E-state index is 5.79. The van der Waals surface area contributed by atoms with Crippen LogP contribution in [0.2, 0.25) is 0 Å². The zero-order chi connectivity index (χ0) is 13.2. The molecule has 106 valence electrons. The van der Waals surface area contributed by atoms with Gasteiger partial charge in [-0.05, 0) is 38.5 Å². The van der Waals surface area contributed by atoms with Gasteiger partial charge in [0.05, 0.1) is 6.61 Å². The molecule has 2 rings (SSSR count). The highest BCUT2D eigenvalue weighted by atomic mass is 16.5. The number of nitrogens with one attached hydrogen (secondary N) is 1. The molecule has 0 spiro atoms. The molecule has 1 N–H and O–H groups in total. The fraction of sp³-hybridized carbons (Fsp3) is 1.00. The molecule has 0 aromatic rings. The third kappa shape index (κ3) is 4.22. The summed E-state index contributed by atoms with van der Waals surface area (Å²) in [6.45, 7) is 14.4. The minimum absolute atomic E-state index is 0.238. The van der Waals surface area contributed by atoms with E-state index in [0.717, 1.165) is 38.8 Å². The van der Waals surface area contributed by atoms with Gasteiger partial charge in [0.15, 0.2) is 0 Å². The molecule has 0 amide bonds. The lowest BCUT2D eigenvalue weighted by Crippen LogP contribution is -2.63. The molecule has 3 heteroatoms. The van der Waals surface area contributed by atoms with E-state index in [1.807, 2.05) is 0 Å². The minimum Gasteiger partial charge on any atom is -0.380 e. The maximum absolute atomic E-state index is 5.79. The Morgan fingerprint density at radius 2 is 2.06 bits per heavy atom. The van der Waals surface area contributed by atoms with Crippen molar-refractivity contribution in [3.8, 4) is 0 Å². The van der Waals surface area contributed by atoms with Crippen LogP contribution in [0.15, 0.2) is 0 Å². The van der Waals surface area contributed by atoms with Crippen LogP contribution in [0, 0.1) is 11.8 Å². The van der Waals surface area contributed by atoms with Crippen LogP contribution >= 0.6 is 0 Å². The SMILES string of the molecule is CC(C)C1CNC(C)(C)CN1CCOCC1CC1. The first kappa shape index (κ1) is 14.3. The zero-order valence-corrected chi connectivity index (χ0v) is 12.5. The fourth-order valence-electron chi connectivity index (χ4n) is 2.81. The number of hydrogen-bond donors (Lipinski definition) is 1. The van der Waals surface area contributed by atoms with Crippen molar-refractivity contribution >= 4 is 0 Å². The van der Waals surface area contributed by atoms with Gasteiger partial charge in [-0.1, -0.05) is 13.8 Å². The normalized spacial score (nSPS) is 28.8. The highest BCUT2D eigenvalue weighted by molar-refractivity contribution is 4.93. The molecule has 1 heterocycles. The van der Waals surface area contributed by atoms with Gasteiger partial charge in [0, 0.05) is 37.8 Å². The molecule has 0 radical (unpaired) electrons. The van der Waals surface area contributed by atoms with Crippen molar-refractivity contribution in [2.24, 2.45) is 11.8 Å². The Labute approximate surface area is 112 Å². The Morgan fingerprint density at radius 1 is 1.33 bits per heavy atom. The predicted octanol–water partition coefficient (Wildman–Crippen LogP) is 2.12. The van der Waals surface area contributed by atoms with Crippen molar-refractivity contribution < 1.29 is 4.74 Å². The third-order valence-electron chi connectivity index (χ3n) is 4.20. The summed E-state index contributed by atoms with van der Waals surface area (Å²) >= 11 is 0. The van der Waals surface area contributed by atoms with E-state index in [2.05, 4.69) is 37.9 Å². The molecule has 1 saturated carbocycles. The van der Waals surface area contributed by atoms with Gasteiger partial charge >= 0.3 is 0 Å². The average Bonchev–Trinajstić information content (AvgIpc) is 3.06. The second-order valence-corrected chi connectivity index (χ2v) is 7.06. The van der Waals surface area contributed by atoms with Crippen molar-refractivity contribution in [1.29, 1.82) is 0 Å². The summed E-state index contributed by atoms with van der Waals surface area (Å²) < 4.78 is 5.79. The topological polar surface area (TPSA) is 24.5 Å². The van der Waals surface area contributed by atoms with Gasteiger partial charge in [-0.2, -0.15) is 0 Å². The summed E-state index contributed by atoms with van der Waals surface area (Å²) in [6.07, 6.45) is 2.77. The number of nitrogens with zero attached hydrogens (tertiary/aromatic N) is 1. The number of rotatable bonds is 6. The molecule has 1 unspecified atom stereocenters. The third-order valence-corrected chi connectivity index (χ3v) is 4.20. The summed E-state index contributed by atoms with van der Waals surface area (Å²) in [4.78, 5) is 2.62. The quantitative estimate of drug-likeness (QED) is 0.735. The summed E-state index contributed by atoms with van der Waals surface area (Å²) in [7, 11) is 0. The number of ether oxygens (including phenoxy) is 1. The highest BCUT2D eigenvalue weighted by Gasteiger charge is 2.33. The molecule has 2 fully saturated rings. The van der Waals surface area contributed by atoms with Crippen molar-refractivity contribution in [3.05, 3.63) is 0 Å². The van der Waals surface area contributed by atoms with Crippen LogP contribution in [0.1, 0.15) is 40.5 Å². The van der Waals surface area contributed by atoms with Crippen LogP contribution in [0.5, 0.6) is 0 Å². The van der Waals surface area contributed by atoms with Crippen molar-refractivity contribution in [2.45, 2.75) is 52.1 Å². The van der Waals surface area contributed by atoms with E-state index in [1.54, 1.807) is 0 Å². The zero-order valence-electron chi connectivity index (χ0n) is 12.5. The van der Waals surface area contributed by atoms with E-state index in [4.69, 9.17) is 4.74 Å². The Kier molecular flexibility index (Phi) is 4.68. The van der Waals surface area contributed by atoms with Crippen LogP contribution in [-0.4, -0.2) is 49.3 Å². The molecular formula is C15H30N2O. The van der Waals surface area contributed by atoms with Gasteiger partial charge < -0.3 is 10.1 Å². The van der Waals surface area contributed by atoms with Gasteiger partial charge in [0.1, 0.15) is 0 Å². The first-order valence-corrected chi connectivity index (χ1v) is 7.55. The van der Waals surface area contributed by atoms with E-state index < -0.39 is 0 Å². The molecule has 1 aliphatic carbocycles. The lowest BCUT2D eigenvalue weighted by Gasteiger charge is -2.46. The monoisotopic (exact) mass is 254 g/mol. The standard InChI is InChI=1S/C15H30N2O/c1-12(2)14-9-16-15(3,4)11-17(14)7-8-18-10-13-5-6-13/h12-14,16H,5-11H2,1-4H3. The lowest BCUT2D eigenvalue weighted by atomic mass is 9.93. The van der Waals surface area contributed by atoms with Gasteiger partial charge in [-0.25, -0.2) is 0 Å². The molecule has 0 aromatic carbocycles. The van der Waals surface area contributed by atoms with Crippen molar-refractivity contribution in [1.82, 2.24) is 10.2 Å². The molecular weight excluding hydrogens is 224 g/mol. The summed E-state index contributed by atoms with van der Waals surface area (Å²) in [5.74, 6) is 1.59. The van der Waals surface area contributed by atoms with E-state index in [0.29, 0.717) is 12.0 Å². The molecule has 1 saturated heterocycles. The first-order valence-electron chi connectivity index (χ1n) is 7.55. The molecule has 18 heavy (non-hydrogen) atoms. The molecule has 1 aliphatic heterocycles. The van der Waals surface area contributed by atoms with Crippen LogP contribution in [-0.2, 0) is 4.74 Å². The van der Waals surface area contributed by atoms with E-state index in [9.17, 15) is 0 Å². The summed E-state index contributed by atoms with van der Waals surface area (Å²) in [6, 6.07) is 0.655. The molecule has 3 nitrogen and oxygen atoms in total. The van der Waals surface area contributed by atoms with Crippen LogP contribution in [0.4, 0.5) is 0 Å². The smallest absolute Gasteiger partial charge is 0.0593 e. The van der Waals surface area contributed by atoms with Gasteiger partial charge in [0.25, 0.3) is 0 Å².